The zero-order valence-corrected chi connectivity index (χ0v) is 47.4. The number of piperidine rings is 2. The van der Waals surface area contributed by atoms with Gasteiger partial charge in [-0.3, -0.25) is 9.59 Å². The van der Waals surface area contributed by atoms with Crippen molar-refractivity contribution in [3.05, 3.63) is 95.1 Å². The lowest BCUT2D eigenvalue weighted by atomic mass is 9.78. The largest absolute Gasteiger partial charge is 0.494 e. The van der Waals surface area contributed by atoms with Gasteiger partial charge >= 0.3 is 26.4 Å². The Kier molecular flexibility index (Phi) is 18.6. The Morgan fingerprint density at radius 1 is 0.526 bits per heavy atom. The number of amides is 4. The molecule has 8 rings (SSSR count). The highest BCUT2D eigenvalue weighted by Crippen LogP contribution is 2.40. The predicted molar refractivity (Wildman–Crippen MR) is 296 cm³/mol. The summed E-state index contributed by atoms with van der Waals surface area (Å²) in [6.45, 7) is 21.3. The molecule has 4 heterocycles. The molecule has 0 unspecified atom stereocenters. The van der Waals surface area contributed by atoms with Gasteiger partial charge in [-0.1, -0.05) is 72.8 Å². The van der Waals surface area contributed by atoms with Crippen molar-refractivity contribution in [3.8, 4) is 0 Å². The third-order valence-corrected chi connectivity index (χ3v) is 17.0. The summed E-state index contributed by atoms with van der Waals surface area (Å²) in [7, 11) is 4.87. The number of methoxy groups -OCH3 is 4. The standard InChI is InChI=1S/2C29H41BN2O6/c2*1-19(35-6)25(31-27(34)36-7)26(33)32-17-9-8-10-24(32)22-12-11-21(18-22)20-13-15-23(16-14-20)30-37-28(2,3)29(4,5)38-30/h2*11-16,19,24-25H,8-10,17-18H2,1-7H3,(H,31,34)/t19-,24+,25+;19-,24-,25+/m11/s1. The number of carbonyl (C=O) groups excluding carboxylic acids is 4. The Labute approximate surface area is 451 Å². The van der Waals surface area contributed by atoms with Crippen LogP contribution in [0.15, 0.2) is 84.0 Å². The van der Waals surface area contributed by atoms with Crippen molar-refractivity contribution >= 4 is 60.3 Å². The van der Waals surface area contributed by atoms with Gasteiger partial charge in [0.1, 0.15) is 12.1 Å². The lowest BCUT2D eigenvalue weighted by Crippen LogP contribution is -2.57. The fraction of sp³-hybridized carbons (Fsp3) is 0.586. The van der Waals surface area contributed by atoms with Gasteiger partial charge in [-0.05, 0) is 165 Å². The minimum atomic E-state index is -0.815. The maximum absolute atomic E-state index is 13.6. The van der Waals surface area contributed by atoms with E-state index >= 15 is 0 Å². The zero-order chi connectivity index (χ0) is 55.3. The smallest absolute Gasteiger partial charge is 0.453 e. The summed E-state index contributed by atoms with van der Waals surface area (Å²) in [4.78, 5) is 55.0. The molecule has 0 aromatic heterocycles. The Hall–Kier alpha value is -5.23. The van der Waals surface area contributed by atoms with E-state index in [1.54, 1.807) is 13.8 Å². The topological polar surface area (TPSA) is 173 Å². The number of nitrogens with one attached hydrogen (secondary N) is 2. The summed E-state index contributed by atoms with van der Waals surface area (Å²) >= 11 is 0. The summed E-state index contributed by atoms with van der Waals surface area (Å²) in [5.41, 5.74) is 7.64. The van der Waals surface area contributed by atoms with Crippen LogP contribution in [0.4, 0.5) is 9.59 Å². The van der Waals surface area contributed by atoms with Gasteiger partial charge < -0.3 is 58.0 Å². The lowest BCUT2D eigenvalue weighted by molar-refractivity contribution is -0.140. The van der Waals surface area contributed by atoms with Crippen molar-refractivity contribution < 1.29 is 56.7 Å². The number of allylic oxidation sites excluding steroid dienone is 6. The molecule has 4 fully saturated rings. The Bertz CT molecular complexity index is 2340. The molecule has 6 aliphatic rings. The quantitative estimate of drug-likeness (QED) is 0.177. The van der Waals surface area contributed by atoms with E-state index in [0.29, 0.717) is 13.1 Å². The number of nitrogens with zero attached hydrogens (tertiary/aromatic N) is 2. The van der Waals surface area contributed by atoms with E-state index in [-0.39, 0.29) is 60.5 Å². The molecule has 0 bridgehead atoms. The second-order valence-electron chi connectivity index (χ2n) is 22.8. The van der Waals surface area contributed by atoms with E-state index in [2.05, 4.69) is 139 Å². The SMILES string of the molecule is COC(=O)N[C@H](C(=O)N1CCCC[C@@H]1C1=CC=C(c2ccc(B3OC(C)(C)C(C)(C)O3)cc2)C1)[C@@H](C)OC.COC(=O)N[C@H](C(=O)N1CCCC[C@H]1C1=CC=C(c2ccc(B3OC(C)(C)C(C)(C)O3)cc2)C1)[C@@H](C)OC. The molecule has 2 aliphatic carbocycles. The first-order valence-corrected chi connectivity index (χ1v) is 27.0. The van der Waals surface area contributed by atoms with Gasteiger partial charge in [0.15, 0.2) is 0 Å². The van der Waals surface area contributed by atoms with Crippen LogP contribution in [0.25, 0.3) is 11.1 Å². The molecular weight excluding hydrogens is 966 g/mol. The van der Waals surface area contributed by atoms with Gasteiger partial charge in [0.05, 0.1) is 60.9 Å². The van der Waals surface area contributed by atoms with E-state index in [4.69, 9.17) is 37.6 Å². The predicted octanol–water partition coefficient (Wildman–Crippen LogP) is 7.68. The van der Waals surface area contributed by atoms with Crippen LogP contribution in [0.1, 0.15) is 132 Å². The van der Waals surface area contributed by atoms with Crippen LogP contribution >= 0.6 is 0 Å². The van der Waals surface area contributed by atoms with E-state index < -0.39 is 36.5 Å². The van der Waals surface area contributed by atoms with Crippen LogP contribution in [0.5, 0.6) is 0 Å². The fourth-order valence-corrected chi connectivity index (χ4v) is 10.5. The number of hydrogen-bond acceptors (Lipinski definition) is 12. The Morgan fingerprint density at radius 3 is 1.16 bits per heavy atom. The number of alkyl carbamates (subject to hydrolysis) is 2. The average Bonchev–Trinajstić information content (AvgIpc) is 4.20. The molecule has 2 aromatic rings. The zero-order valence-electron chi connectivity index (χ0n) is 47.4. The average molecular weight is 1050 g/mol. The van der Waals surface area contributed by atoms with Gasteiger partial charge in [0.2, 0.25) is 11.8 Å². The van der Waals surface area contributed by atoms with Crippen molar-refractivity contribution in [1.29, 1.82) is 0 Å². The van der Waals surface area contributed by atoms with E-state index in [9.17, 15) is 19.2 Å². The minimum absolute atomic E-state index is 0.0139. The molecule has 0 radical (unpaired) electrons. The number of likely N-dealkylation sites (tertiary alicyclic amines) is 2. The molecule has 412 valence electrons. The molecule has 0 spiro atoms. The summed E-state index contributed by atoms with van der Waals surface area (Å²) in [5, 5.41) is 5.34. The minimum Gasteiger partial charge on any atom is -0.453 e. The van der Waals surface area contributed by atoms with Gasteiger partial charge in [-0.15, -0.1) is 0 Å². The number of ether oxygens (including phenoxy) is 4. The fourth-order valence-electron chi connectivity index (χ4n) is 10.5. The second-order valence-corrected chi connectivity index (χ2v) is 22.8. The molecule has 2 N–H and O–H groups in total. The van der Waals surface area contributed by atoms with Gasteiger partial charge in [0, 0.05) is 27.3 Å². The molecule has 76 heavy (non-hydrogen) atoms. The number of benzene rings is 2. The lowest BCUT2D eigenvalue weighted by Gasteiger charge is -2.39. The third-order valence-electron chi connectivity index (χ3n) is 17.0. The summed E-state index contributed by atoms with van der Waals surface area (Å²) in [6, 6.07) is 15.1. The monoisotopic (exact) mass is 1050 g/mol. The molecule has 4 aliphatic heterocycles. The highest BCUT2D eigenvalue weighted by Gasteiger charge is 2.53. The normalized spacial score (nSPS) is 23.9. The Balaban J connectivity index is 0.000000221. The maximum atomic E-state index is 13.6. The van der Waals surface area contributed by atoms with Crippen molar-refractivity contribution in [2.45, 2.75) is 179 Å². The summed E-state index contributed by atoms with van der Waals surface area (Å²) < 4.78 is 45.1. The summed E-state index contributed by atoms with van der Waals surface area (Å²) in [6.07, 6.45) is 13.7. The van der Waals surface area contributed by atoms with E-state index in [1.165, 1.54) is 50.7 Å². The van der Waals surface area contributed by atoms with E-state index in [1.807, 2.05) is 9.80 Å². The first kappa shape index (κ1) is 58.5. The first-order chi connectivity index (χ1) is 35.9. The highest BCUT2D eigenvalue weighted by molar-refractivity contribution is 6.62. The molecule has 6 atom stereocenters. The van der Waals surface area contributed by atoms with Crippen LogP contribution in [-0.4, -0.2) is 148 Å². The Morgan fingerprint density at radius 2 is 0.855 bits per heavy atom. The molecule has 16 nitrogen and oxygen atoms in total. The third kappa shape index (κ3) is 12.9. The number of rotatable bonds is 14. The molecule has 0 saturated carbocycles. The van der Waals surface area contributed by atoms with Crippen molar-refractivity contribution in [1.82, 2.24) is 20.4 Å². The van der Waals surface area contributed by atoms with Crippen LogP contribution < -0.4 is 21.6 Å². The van der Waals surface area contributed by atoms with Gasteiger partial charge in [-0.2, -0.15) is 0 Å². The van der Waals surface area contributed by atoms with Crippen LogP contribution in [0.3, 0.4) is 0 Å². The van der Waals surface area contributed by atoms with Crippen LogP contribution in [0.2, 0.25) is 0 Å². The van der Waals surface area contributed by atoms with Crippen molar-refractivity contribution in [3.63, 3.8) is 0 Å². The molecule has 2 aromatic carbocycles. The van der Waals surface area contributed by atoms with Crippen molar-refractivity contribution in [2.24, 2.45) is 0 Å². The maximum Gasteiger partial charge on any atom is 0.494 e. The van der Waals surface area contributed by atoms with E-state index in [0.717, 1.165) is 73.4 Å². The molecule has 4 saturated heterocycles. The molecular formula is C58H82B2N4O12. The van der Waals surface area contributed by atoms with Crippen molar-refractivity contribution in [2.75, 3.05) is 41.5 Å². The first-order valence-electron chi connectivity index (χ1n) is 27.0. The second kappa shape index (κ2) is 24.2. The molecule has 4 amide bonds. The van der Waals surface area contributed by atoms with Gasteiger partial charge in [0.25, 0.3) is 0 Å². The molecule has 18 heteroatoms. The number of hydrogen-bond donors (Lipinski definition) is 2. The number of carbonyl (C=O) groups is 4. The van der Waals surface area contributed by atoms with Crippen LogP contribution in [0, 0.1) is 0 Å². The van der Waals surface area contributed by atoms with Gasteiger partial charge in [-0.25, -0.2) is 9.59 Å². The highest BCUT2D eigenvalue weighted by atomic mass is 16.7. The summed E-state index contributed by atoms with van der Waals surface area (Å²) in [5.74, 6) is -0.286. The van der Waals surface area contributed by atoms with Crippen LogP contribution in [-0.2, 0) is 47.2 Å².